The third-order valence-corrected chi connectivity index (χ3v) is 12.3. The molecule has 58 heavy (non-hydrogen) atoms. The Kier molecular flexibility index (Phi) is 35.6. The molecule has 0 aromatic rings. The summed E-state index contributed by atoms with van der Waals surface area (Å²) in [6.45, 7) is 5.96. The number of aliphatic hydroxyl groups is 6. The van der Waals surface area contributed by atoms with Gasteiger partial charge in [0, 0.05) is 0 Å². The van der Waals surface area contributed by atoms with Crippen molar-refractivity contribution in [2.45, 2.75) is 269 Å². The van der Waals surface area contributed by atoms with Crippen LogP contribution in [0.25, 0.3) is 0 Å². The summed E-state index contributed by atoms with van der Waals surface area (Å²) in [5.41, 5.74) is 0. The lowest BCUT2D eigenvalue weighted by molar-refractivity contribution is -0.302. The Morgan fingerprint density at radius 1 is 0.638 bits per heavy atom. The lowest BCUT2D eigenvalue weighted by Crippen LogP contribution is -2.60. The predicted octanol–water partition coefficient (Wildman–Crippen LogP) is 9.33. The van der Waals surface area contributed by atoms with Gasteiger partial charge in [0.15, 0.2) is 6.29 Å². The van der Waals surface area contributed by atoms with Crippen molar-refractivity contribution in [1.29, 1.82) is 0 Å². The summed E-state index contributed by atoms with van der Waals surface area (Å²) in [6.07, 6.45) is 31.5. The lowest BCUT2D eigenvalue weighted by atomic mass is 9.99. The molecule has 0 aromatic heterocycles. The number of carbonyl (C=O) groups excluding carboxylic acids is 1. The average Bonchev–Trinajstić information content (AvgIpc) is 3.22. The van der Waals surface area contributed by atoms with E-state index in [4.69, 9.17) is 9.47 Å². The minimum Gasteiger partial charge on any atom is -0.394 e. The number of unbranched alkanes of at least 4 members (excludes halogenated alkanes) is 26. The van der Waals surface area contributed by atoms with Crippen molar-refractivity contribution in [2.75, 3.05) is 13.2 Å². The number of amides is 1. The Morgan fingerprint density at radius 2 is 1.09 bits per heavy atom. The quantitative estimate of drug-likeness (QED) is 0.0235. The van der Waals surface area contributed by atoms with Crippen molar-refractivity contribution in [3.05, 3.63) is 12.2 Å². The van der Waals surface area contributed by atoms with Gasteiger partial charge in [-0.05, 0) is 25.2 Å². The third kappa shape index (κ3) is 27.7. The topological polar surface area (TPSA) is 169 Å². The fraction of sp³-hybridized carbons (Fsp3) is 0.938. The van der Waals surface area contributed by atoms with Crippen LogP contribution in [0.5, 0.6) is 0 Å². The molecule has 1 unspecified atom stereocenters. The van der Waals surface area contributed by atoms with Crippen LogP contribution in [-0.4, -0.2) is 98.7 Å². The Balaban J connectivity index is 2.37. The molecule has 344 valence electrons. The summed E-state index contributed by atoms with van der Waals surface area (Å²) in [5.74, 6) is 0.218. The van der Waals surface area contributed by atoms with Crippen LogP contribution in [-0.2, 0) is 14.3 Å². The van der Waals surface area contributed by atoms with Gasteiger partial charge in [-0.2, -0.15) is 0 Å². The molecule has 1 heterocycles. The Morgan fingerprint density at radius 3 is 1.55 bits per heavy atom. The first-order valence-corrected chi connectivity index (χ1v) is 24.4. The van der Waals surface area contributed by atoms with Crippen molar-refractivity contribution in [3.63, 3.8) is 0 Å². The normalized spacial score (nSPS) is 22.0. The predicted molar refractivity (Wildman–Crippen MR) is 236 cm³/mol. The number of hydrogen-bond donors (Lipinski definition) is 7. The SMILES string of the molecule is CCCCCCCCCCCCCCCCCCCCC[C@@H](O)C(=O)N[C@@H](CO[C@@H]1O[C@H](CO)[C@@H](O)[C@H](O)[C@H]1O)[C@H](O)/C=C/CCCCCCCCCCC(C)CC. The van der Waals surface area contributed by atoms with Crippen molar-refractivity contribution in [2.24, 2.45) is 5.92 Å². The summed E-state index contributed by atoms with van der Waals surface area (Å²) >= 11 is 0. The lowest BCUT2D eigenvalue weighted by Gasteiger charge is -2.40. The molecule has 1 rings (SSSR count). The van der Waals surface area contributed by atoms with Crippen molar-refractivity contribution in [1.82, 2.24) is 5.32 Å². The van der Waals surface area contributed by atoms with Gasteiger partial charge >= 0.3 is 0 Å². The fourth-order valence-corrected chi connectivity index (χ4v) is 7.84. The van der Waals surface area contributed by atoms with E-state index in [2.05, 4.69) is 26.1 Å². The maximum Gasteiger partial charge on any atom is 0.249 e. The van der Waals surface area contributed by atoms with Crippen LogP contribution >= 0.6 is 0 Å². The Hall–Kier alpha value is -1.11. The van der Waals surface area contributed by atoms with E-state index in [0.29, 0.717) is 6.42 Å². The second-order valence-corrected chi connectivity index (χ2v) is 17.7. The summed E-state index contributed by atoms with van der Waals surface area (Å²) in [5, 5.41) is 64.7. The summed E-state index contributed by atoms with van der Waals surface area (Å²) < 4.78 is 11.1. The smallest absolute Gasteiger partial charge is 0.249 e. The molecule has 0 spiro atoms. The van der Waals surface area contributed by atoms with Gasteiger partial charge in [0.1, 0.15) is 30.5 Å². The molecule has 0 aliphatic carbocycles. The van der Waals surface area contributed by atoms with Crippen LogP contribution in [0.4, 0.5) is 0 Å². The first-order valence-electron chi connectivity index (χ1n) is 24.4. The largest absolute Gasteiger partial charge is 0.394 e. The van der Waals surface area contributed by atoms with E-state index in [1.165, 1.54) is 148 Å². The average molecular weight is 828 g/mol. The van der Waals surface area contributed by atoms with E-state index in [1.54, 1.807) is 6.08 Å². The number of ether oxygens (including phenoxy) is 2. The molecular formula is C48H93NO9. The molecule has 10 heteroatoms. The second kappa shape index (κ2) is 37.6. The van der Waals surface area contributed by atoms with Gasteiger partial charge in [-0.3, -0.25) is 4.79 Å². The fourth-order valence-electron chi connectivity index (χ4n) is 7.84. The number of allylic oxidation sites excluding steroid dienone is 1. The molecule has 1 fully saturated rings. The molecule has 0 saturated carbocycles. The van der Waals surface area contributed by atoms with Crippen LogP contribution in [0, 0.1) is 5.92 Å². The number of rotatable bonds is 40. The third-order valence-electron chi connectivity index (χ3n) is 12.3. The number of nitrogens with one attached hydrogen (secondary N) is 1. The van der Waals surface area contributed by atoms with E-state index in [0.717, 1.165) is 50.9 Å². The van der Waals surface area contributed by atoms with Gasteiger partial charge in [0.25, 0.3) is 0 Å². The molecule has 1 aliphatic rings. The highest BCUT2D eigenvalue weighted by atomic mass is 16.7. The van der Waals surface area contributed by atoms with E-state index in [-0.39, 0.29) is 6.61 Å². The summed E-state index contributed by atoms with van der Waals surface area (Å²) in [4.78, 5) is 13.1. The molecule has 1 aliphatic heterocycles. The van der Waals surface area contributed by atoms with Crippen molar-refractivity contribution in [3.8, 4) is 0 Å². The Bertz CT molecular complexity index is 952. The first-order chi connectivity index (χ1) is 28.2. The summed E-state index contributed by atoms with van der Waals surface area (Å²) in [6, 6.07) is -0.976. The minimum absolute atomic E-state index is 0.302. The molecular weight excluding hydrogens is 735 g/mol. The van der Waals surface area contributed by atoms with Crippen LogP contribution in [0.15, 0.2) is 12.2 Å². The molecule has 1 amide bonds. The molecule has 7 N–H and O–H groups in total. The standard InChI is InChI=1S/C48H93NO9/c1-4-6-7-8-9-10-11-12-13-14-15-16-17-18-19-24-27-30-33-36-42(52)47(56)49-40(38-57-48-46(55)45(54)44(53)43(37-50)58-48)41(51)35-32-29-26-23-21-20-22-25-28-31-34-39(3)5-2/h32,35,39-46,48,50-55H,4-31,33-34,36-38H2,1-3H3,(H,49,56)/b35-32+/t39?,40-,41+,42+,43+,44+,45-,46+,48+/m0/s1. The van der Waals surface area contributed by atoms with Gasteiger partial charge in [0.2, 0.25) is 5.91 Å². The second-order valence-electron chi connectivity index (χ2n) is 17.7. The highest BCUT2D eigenvalue weighted by Crippen LogP contribution is 2.23. The van der Waals surface area contributed by atoms with E-state index in [9.17, 15) is 35.4 Å². The van der Waals surface area contributed by atoms with Gasteiger partial charge in [-0.15, -0.1) is 0 Å². The van der Waals surface area contributed by atoms with E-state index in [1.807, 2.05) is 6.08 Å². The van der Waals surface area contributed by atoms with Gasteiger partial charge in [-0.25, -0.2) is 0 Å². The van der Waals surface area contributed by atoms with Crippen LogP contribution in [0.1, 0.15) is 220 Å². The number of aliphatic hydroxyl groups excluding tert-OH is 6. The van der Waals surface area contributed by atoms with Crippen molar-refractivity contribution >= 4 is 5.91 Å². The van der Waals surface area contributed by atoms with Gasteiger partial charge in [0.05, 0.1) is 25.4 Å². The highest BCUT2D eigenvalue weighted by molar-refractivity contribution is 5.80. The molecule has 0 aromatic carbocycles. The molecule has 9 atom stereocenters. The van der Waals surface area contributed by atoms with Gasteiger partial charge in [-0.1, -0.05) is 213 Å². The molecule has 1 saturated heterocycles. The van der Waals surface area contributed by atoms with Crippen molar-refractivity contribution < 1.29 is 44.9 Å². The first kappa shape index (κ1) is 54.9. The number of hydrogen-bond acceptors (Lipinski definition) is 9. The van der Waals surface area contributed by atoms with Crippen LogP contribution < -0.4 is 5.32 Å². The molecule has 10 nitrogen and oxygen atoms in total. The zero-order chi connectivity index (χ0) is 42.6. The zero-order valence-electron chi connectivity index (χ0n) is 37.6. The van der Waals surface area contributed by atoms with E-state index >= 15 is 0 Å². The number of carbonyl (C=O) groups is 1. The maximum atomic E-state index is 13.1. The zero-order valence-corrected chi connectivity index (χ0v) is 37.6. The highest BCUT2D eigenvalue weighted by Gasteiger charge is 2.44. The van der Waals surface area contributed by atoms with Crippen LogP contribution in [0.3, 0.4) is 0 Å². The molecule has 0 bridgehead atoms. The monoisotopic (exact) mass is 828 g/mol. The van der Waals surface area contributed by atoms with Gasteiger partial charge < -0.3 is 45.4 Å². The minimum atomic E-state index is -1.61. The van der Waals surface area contributed by atoms with E-state index < -0.39 is 61.5 Å². The maximum absolute atomic E-state index is 13.1. The van der Waals surface area contributed by atoms with Crippen LogP contribution in [0.2, 0.25) is 0 Å². The summed E-state index contributed by atoms with van der Waals surface area (Å²) in [7, 11) is 0. The molecule has 0 radical (unpaired) electrons. The Labute approximate surface area is 355 Å².